The minimum Gasteiger partial charge on any atom is -0.431 e. The summed E-state index contributed by atoms with van der Waals surface area (Å²) in [6, 6.07) is 18.4. The minimum absolute atomic E-state index is 0.342. The molecule has 0 spiro atoms. The molecule has 6 nitrogen and oxygen atoms in total. The van der Waals surface area contributed by atoms with Gasteiger partial charge in [-0.3, -0.25) is 10.1 Å². The number of carbonyl (C=O) groups is 2. The zero-order valence-electron chi connectivity index (χ0n) is 14.0. The first kappa shape index (κ1) is 17.8. The van der Waals surface area contributed by atoms with E-state index in [1.54, 1.807) is 6.92 Å². The van der Waals surface area contributed by atoms with Crippen LogP contribution < -0.4 is 11.1 Å². The number of carbonyl (C=O) groups excluding carboxylic acids is 2. The van der Waals surface area contributed by atoms with E-state index < -0.39 is 17.2 Å². The fraction of sp³-hybridized carbons (Fsp3) is 0.105. The third kappa shape index (κ3) is 4.12. The summed E-state index contributed by atoms with van der Waals surface area (Å²) in [5, 5.41) is 1.81. The molecule has 0 aliphatic heterocycles. The van der Waals surface area contributed by atoms with Crippen molar-refractivity contribution in [3.8, 4) is 22.6 Å². The predicted molar refractivity (Wildman–Crippen MR) is 100 cm³/mol. The van der Waals surface area contributed by atoms with Gasteiger partial charge in [-0.2, -0.15) is 0 Å². The van der Waals surface area contributed by atoms with Gasteiger partial charge in [0, 0.05) is 11.1 Å². The van der Waals surface area contributed by atoms with Gasteiger partial charge in [0.05, 0.1) is 5.25 Å². The van der Waals surface area contributed by atoms with Crippen molar-refractivity contribution in [2.45, 2.75) is 17.4 Å². The number of nitrogens with two attached hydrogens (primary N) is 1. The van der Waals surface area contributed by atoms with Crippen LogP contribution in [-0.4, -0.2) is 22.2 Å². The lowest BCUT2D eigenvalue weighted by Gasteiger charge is -2.06. The molecular weight excluding hydrogens is 350 g/mol. The molecule has 0 aliphatic rings. The van der Waals surface area contributed by atoms with Crippen molar-refractivity contribution in [1.29, 1.82) is 0 Å². The van der Waals surface area contributed by atoms with E-state index in [9.17, 15) is 9.59 Å². The second-order valence-corrected chi connectivity index (χ2v) is 6.80. The molecule has 0 bridgehead atoms. The molecule has 7 heteroatoms. The topological polar surface area (TPSA) is 98.2 Å². The molecule has 0 radical (unpaired) electrons. The number of nitrogens with zero attached hydrogens (tertiary/aromatic N) is 1. The zero-order chi connectivity index (χ0) is 18.5. The predicted octanol–water partition coefficient (Wildman–Crippen LogP) is 3.68. The number of aromatic nitrogens is 1. The van der Waals surface area contributed by atoms with Crippen LogP contribution in [0, 0.1) is 0 Å². The van der Waals surface area contributed by atoms with Crippen LogP contribution in [0.5, 0.6) is 0 Å². The fourth-order valence-corrected chi connectivity index (χ4v) is 3.10. The summed E-state index contributed by atoms with van der Waals surface area (Å²) >= 11 is 1.12. The van der Waals surface area contributed by atoms with Gasteiger partial charge >= 0.3 is 6.03 Å². The second-order valence-electron chi connectivity index (χ2n) is 5.50. The third-order valence-electron chi connectivity index (χ3n) is 3.58. The number of oxazole rings is 1. The number of urea groups is 1. The molecule has 1 aromatic heterocycles. The quantitative estimate of drug-likeness (QED) is 0.670. The maximum atomic E-state index is 11.9. The van der Waals surface area contributed by atoms with Gasteiger partial charge in [0.15, 0.2) is 5.76 Å². The summed E-state index contributed by atoms with van der Waals surface area (Å²) in [5.74, 6) is 0.130. The van der Waals surface area contributed by atoms with Gasteiger partial charge in [-0.1, -0.05) is 72.4 Å². The Balaban J connectivity index is 1.94. The lowest BCUT2D eigenvalue weighted by atomic mass is 10.1. The molecule has 3 aromatic rings. The van der Waals surface area contributed by atoms with E-state index in [0.29, 0.717) is 16.7 Å². The standard InChI is InChI=1S/C19H17N3O3S/c1-12(17(23)22-18(20)24)26-19-21-15(13-8-4-2-5-9-13)16(25-19)14-10-6-3-7-11-14/h2-12H,1H3,(H3,20,22,23,24). The van der Waals surface area contributed by atoms with Crippen LogP contribution in [0.25, 0.3) is 22.6 Å². The number of primary amides is 1. The van der Waals surface area contributed by atoms with Crippen LogP contribution in [-0.2, 0) is 4.79 Å². The first-order valence-electron chi connectivity index (χ1n) is 7.93. The smallest absolute Gasteiger partial charge is 0.318 e. The van der Waals surface area contributed by atoms with Crippen molar-refractivity contribution in [1.82, 2.24) is 10.3 Å². The molecule has 1 atom stereocenters. The number of thioether (sulfide) groups is 1. The largest absolute Gasteiger partial charge is 0.431 e. The molecule has 0 saturated heterocycles. The van der Waals surface area contributed by atoms with E-state index in [4.69, 9.17) is 10.2 Å². The van der Waals surface area contributed by atoms with Gasteiger partial charge in [0.2, 0.25) is 5.91 Å². The monoisotopic (exact) mass is 367 g/mol. The number of nitrogens with one attached hydrogen (secondary N) is 1. The summed E-state index contributed by atoms with van der Waals surface area (Å²) in [6.45, 7) is 1.65. The number of rotatable bonds is 5. The number of hydrogen-bond acceptors (Lipinski definition) is 5. The lowest BCUT2D eigenvalue weighted by Crippen LogP contribution is -2.39. The van der Waals surface area contributed by atoms with Crippen LogP contribution in [0.15, 0.2) is 70.3 Å². The maximum Gasteiger partial charge on any atom is 0.318 e. The Morgan fingerprint density at radius 1 is 1.04 bits per heavy atom. The van der Waals surface area contributed by atoms with Crippen molar-refractivity contribution in [2.24, 2.45) is 5.73 Å². The number of hydrogen-bond donors (Lipinski definition) is 2. The summed E-state index contributed by atoms with van der Waals surface area (Å²) < 4.78 is 5.94. The Hall–Kier alpha value is -3.06. The lowest BCUT2D eigenvalue weighted by molar-refractivity contribution is -0.119. The molecule has 0 saturated carbocycles. The maximum absolute atomic E-state index is 11.9. The Labute approximate surface area is 154 Å². The van der Waals surface area contributed by atoms with Crippen molar-refractivity contribution in [2.75, 3.05) is 0 Å². The Morgan fingerprint density at radius 3 is 2.19 bits per heavy atom. The van der Waals surface area contributed by atoms with Crippen molar-refractivity contribution < 1.29 is 14.0 Å². The number of benzene rings is 2. The highest BCUT2D eigenvalue weighted by Crippen LogP contribution is 2.36. The normalized spacial score (nSPS) is 11.7. The van der Waals surface area contributed by atoms with Crippen LogP contribution in [0.4, 0.5) is 4.79 Å². The molecule has 0 aliphatic carbocycles. The van der Waals surface area contributed by atoms with E-state index in [1.165, 1.54) is 0 Å². The average molecular weight is 367 g/mol. The van der Waals surface area contributed by atoms with Crippen LogP contribution >= 0.6 is 11.8 Å². The first-order valence-corrected chi connectivity index (χ1v) is 8.81. The molecule has 1 unspecified atom stereocenters. The van der Waals surface area contributed by atoms with Gasteiger partial charge in [-0.15, -0.1) is 0 Å². The highest BCUT2D eigenvalue weighted by atomic mass is 32.2. The van der Waals surface area contributed by atoms with Gasteiger partial charge in [0.25, 0.3) is 5.22 Å². The molecule has 3 N–H and O–H groups in total. The highest BCUT2D eigenvalue weighted by molar-refractivity contribution is 8.00. The summed E-state index contributed by atoms with van der Waals surface area (Å²) in [4.78, 5) is 27.3. The van der Waals surface area contributed by atoms with Gasteiger partial charge < -0.3 is 10.2 Å². The fourth-order valence-electron chi connectivity index (χ4n) is 2.36. The molecule has 132 valence electrons. The third-order valence-corrected chi connectivity index (χ3v) is 4.53. The van der Waals surface area contributed by atoms with E-state index in [2.05, 4.69) is 10.3 Å². The van der Waals surface area contributed by atoms with Gasteiger partial charge in [0.1, 0.15) is 5.69 Å². The van der Waals surface area contributed by atoms with Crippen LogP contribution in [0.2, 0.25) is 0 Å². The molecule has 0 fully saturated rings. The number of amides is 3. The van der Waals surface area contributed by atoms with E-state index >= 15 is 0 Å². The van der Waals surface area contributed by atoms with E-state index in [0.717, 1.165) is 22.9 Å². The highest BCUT2D eigenvalue weighted by Gasteiger charge is 2.22. The summed E-state index contributed by atoms with van der Waals surface area (Å²) in [7, 11) is 0. The molecule has 2 aromatic carbocycles. The molecule has 3 rings (SSSR count). The van der Waals surface area contributed by atoms with Crippen molar-refractivity contribution in [3.63, 3.8) is 0 Å². The summed E-state index contributed by atoms with van der Waals surface area (Å²) in [5.41, 5.74) is 7.48. The molecule has 3 amide bonds. The van der Waals surface area contributed by atoms with Crippen LogP contribution in [0.1, 0.15) is 6.92 Å². The van der Waals surface area contributed by atoms with Gasteiger partial charge in [-0.05, 0) is 6.92 Å². The second kappa shape index (κ2) is 7.88. The van der Waals surface area contributed by atoms with Crippen molar-refractivity contribution >= 4 is 23.7 Å². The van der Waals surface area contributed by atoms with Crippen LogP contribution in [0.3, 0.4) is 0 Å². The molecule has 1 heterocycles. The summed E-state index contributed by atoms with van der Waals surface area (Å²) in [6.07, 6.45) is 0. The molecular formula is C19H17N3O3S. The Kier molecular flexibility index (Phi) is 5.38. The Morgan fingerprint density at radius 2 is 1.62 bits per heavy atom. The van der Waals surface area contributed by atoms with Crippen molar-refractivity contribution in [3.05, 3.63) is 60.7 Å². The average Bonchev–Trinajstić information content (AvgIpc) is 3.06. The zero-order valence-corrected chi connectivity index (χ0v) is 14.8. The van der Waals surface area contributed by atoms with Gasteiger partial charge in [-0.25, -0.2) is 9.78 Å². The minimum atomic E-state index is -0.884. The SMILES string of the molecule is CC(Sc1nc(-c2ccccc2)c(-c2ccccc2)o1)C(=O)NC(N)=O. The number of imide groups is 1. The van der Waals surface area contributed by atoms with E-state index in [-0.39, 0.29) is 0 Å². The first-order chi connectivity index (χ1) is 12.5. The molecule has 26 heavy (non-hydrogen) atoms. The Bertz CT molecular complexity index is 853. The van der Waals surface area contributed by atoms with E-state index in [1.807, 2.05) is 60.7 Å².